The Bertz CT molecular complexity index is 249. The van der Waals surface area contributed by atoms with Crippen LogP contribution in [0.5, 0.6) is 0 Å². The third-order valence-corrected chi connectivity index (χ3v) is 3.00. The Kier molecular flexibility index (Phi) is 60.5. The smallest absolute Gasteiger partial charge is 0.219 e. The lowest BCUT2D eigenvalue weighted by Gasteiger charge is -2.04. The molecule has 0 saturated heterocycles. The van der Waals surface area contributed by atoms with E-state index in [4.69, 9.17) is 4.84 Å². The van der Waals surface area contributed by atoms with Gasteiger partial charge in [-0.2, -0.15) is 0 Å². The van der Waals surface area contributed by atoms with Crippen LogP contribution < -0.4 is 5.32 Å². The van der Waals surface area contributed by atoms with Gasteiger partial charge in [0.1, 0.15) is 6.61 Å². The zero-order valence-corrected chi connectivity index (χ0v) is 20.8. The third-order valence-electron chi connectivity index (χ3n) is 3.00. The van der Waals surface area contributed by atoms with Crippen LogP contribution in [0, 0.1) is 0 Å². The lowest BCUT2D eigenvalue weighted by atomic mass is 10.2. The fraction of sp³-hybridized carbons (Fsp3) is 0.913. The highest BCUT2D eigenvalue weighted by Crippen LogP contribution is 2.01. The summed E-state index contributed by atoms with van der Waals surface area (Å²) in [6, 6.07) is 0. The summed E-state index contributed by atoms with van der Waals surface area (Å²) in [6.07, 6.45) is 7.63. The maximum Gasteiger partial charge on any atom is 0.219 e. The van der Waals surface area contributed by atoms with Gasteiger partial charge < -0.3 is 10.2 Å². The van der Waals surface area contributed by atoms with Crippen molar-refractivity contribution in [1.29, 1.82) is 0 Å². The van der Waals surface area contributed by atoms with Gasteiger partial charge in [-0.3, -0.25) is 4.79 Å². The molecule has 0 heterocycles. The van der Waals surface area contributed by atoms with E-state index in [-0.39, 0.29) is 5.91 Å². The summed E-state index contributed by atoms with van der Waals surface area (Å²) in [6.45, 7) is 23.8. The summed E-state index contributed by atoms with van der Waals surface area (Å²) in [7, 11) is 0. The molecular formula is C23H54N2O2. The maximum atomic E-state index is 11.4. The van der Waals surface area contributed by atoms with Crippen molar-refractivity contribution in [2.75, 3.05) is 13.2 Å². The quantitative estimate of drug-likeness (QED) is 0.210. The van der Waals surface area contributed by atoms with Crippen LogP contribution in [0.1, 0.15) is 128 Å². The van der Waals surface area contributed by atoms with E-state index in [9.17, 15) is 4.79 Å². The Morgan fingerprint density at radius 2 is 1.30 bits per heavy atom. The largest absolute Gasteiger partial charge is 0.396 e. The average molecular weight is 391 g/mol. The summed E-state index contributed by atoms with van der Waals surface area (Å²) in [5, 5.41) is 7.00. The predicted molar refractivity (Wildman–Crippen MR) is 126 cm³/mol. The second kappa shape index (κ2) is 44.4. The van der Waals surface area contributed by atoms with Crippen LogP contribution in [0.25, 0.3) is 0 Å². The first kappa shape index (κ1) is 36.8. The first-order chi connectivity index (χ1) is 13.2. The molecular weight excluding hydrogens is 336 g/mol. The van der Waals surface area contributed by atoms with Crippen molar-refractivity contribution in [3.8, 4) is 0 Å². The van der Waals surface area contributed by atoms with E-state index in [1.807, 2.05) is 55.4 Å². The normalized spacial score (nSPS) is 7.96. The molecule has 168 valence electrons. The molecule has 0 unspecified atom stereocenters. The molecule has 0 bridgehead atoms. The average Bonchev–Trinajstić information content (AvgIpc) is 2.76. The number of unbranched alkanes of at least 4 members (excludes halogenated alkanes) is 3. The number of rotatable bonds is 12. The van der Waals surface area contributed by atoms with Crippen LogP contribution in [0.2, 0.25) is 0 Å². The van der Waals surface area contributed by atoms with E-state index >= 15 is 0 Å². The number of carbonyl (C=O) groups is 1. The minimum absolute atomic E-state index is 0.173. The van der Waals surface area contributed by atoms with Crippen LogP contribution in [-0.2, 0) is 9.63 Å². The molecule has 0 aliphatic rings. The number of hydrogen-bond acceptors (Lipinski definition) is 3. The number of nitrogens with zero attached hydrogens (tertiary/aromatic N) is 1. The highest BCUT2D eigenvalue weighted by Gasteiger charge is 2.00. The standard InChI is InChI=1S/C15H30N2O2.4C2H6/c1-4-7-12-16-15(18)11-9-8-10-13-19-17-14(5-2)6-3;4*1-2/h4-13H2,1-3H3,(H,16,18);4*1-2H3. The molecule has 0 aromatic rings. The molecule has 1 amide bonds. The van der Waals surface area contributed by atoms with E-state index < -0.39 is 0 Å². The summed E-state index contributed by atoms with van der Waals surface area (Å²) in [4.78, 5) is 16.7. The van der Waals surface area contributed by atoms with Crippen molar-refractivity contribution in [2.45, 2.75) is 128 Å². The van der Waals surface area contributed by atoms with Gasteiger partial charge >= 0.3 is 0 Å². The van der Waals surface area contributed by atoms with E-state index in [2.05, 4.69) is 31.2 Å². The minimum atomic E-state index is 0.173. The Hall–Kier alpha value is -1.06. The highest BCUT2D eigenvalue weighted by atomic mass is 16.6. The first-order valence-electron chi connectivity index (χ1n) is 11.7. The summed E-state index contributed by atoms with van der Waals surface area (Å²) in [5.74, 6) is 0.173. The predicted octanol–water partition coefficient (Wildman–Crippen LogP) is 7.76. The molecule has 27 heavy (non-hydrogen) atoms. The van der Waals surface area contributed by atoms with Gasteiger partial charge in [-0.25, -0.2) is 0 Å². The van der Waals surface area contributed by atoms with Crippen LogP contribution >= 0.6 is 0 Å². The topological polar surface area (TPSA) is 50.7 Å². The molecule has 0 radical (unpaired) electrons. The Labute approximate surface area is 172 Å². The third kappa shape index (κ3) is 40.8. The second-order valence-electron chi connectivity index (χ2n) is 4.71. The number of nitrogens with one attached hydrogen (secondary N) is 1. The fourth-order valence-electron chi connectivity index (χ4n) is 1.64. The van der Waals surface area contributed by atoms with Gasteiger partial charge in [0.2, 0.25) is 5.91 Å². The minimum Gasteiger partial charge on any atom is -0.396 e. The van der Waals surface area contributed by atoms with Gasteiger partial charge in [0.15, 0.2) is 0 Å². The van der Waals surface area contributed by atoms with E-state index in [1.54, 1.807) is 0 Å². The molecule has 0 saturated carbocycles. The SMILES string of the molecule is CC.CC.CC.CC.CCCCNC(=O)CCCCCON=C(CC)CC. The Morgan fingerprint density at radius 3 is 1.74 bits per heavy atom. The summed E-state index contributed by atoms with van der Waals surface area (Å²) in [5.41, 5.74) is 1.11. The second-order valence-corrected chi connectivity index (χ2v) is 4.71. The van der Waals surface area contributed by atoms with Crippen molar-refractivity contribution in [3.63, 3.8) is 0 Å². The molecule has 0 rings (SSSR count). The van der Waals surface area contributed by atoms with E-state index in [0.29, 0.717) is 13.0 Å². The van der Waals surface area contributed by atoms with Gasteiger partial charge in [-0.15, -0.1) is 0 Å². The van der Waals surface area contributed by atoms with Crippen LogP contribution in [0.4, 0.5) is 0 Å². The first-order valence-corrected chi connectivity index (χ1v) is 11.7. The lowest BCUT2D eigenvalue weighted by molar-refractivity contribution is -0.121. The molecule has 0 aliphatic carbocycles. The van der Waals surface area contributed by atoms with Crippen molar-refractivity contribution in [3.05, 3.63) is 0 Å². The summed E-state index contributed by atoms with van der Waals surface area (Å²) < 4.78 is 0. The number of hydrogen-bond donors (Lipinski definition) is 1. The van der Waals surface area contributed by atoms with Crippen LogP contribution in [0.3, 0.4) is 0 Å². The van der Waals surface area contributed by atoms with Gasteiger partial charge in [0.25, 0.3) is 0 Å². The molecule has 4 heteroatoms. The van der Waals surface area contributed by atoms with Gasteiger partial charge in [-0.05, 0) is 38.5 Å². The molecule has 0 aromatic carbocycles. The Morgan fingerprint density at radius 1 is 0.778 bits per heavy atom. The molecule has 1 N–H and O–H groups in total. The van der Waals surface area contributed by atoms with Gasteiger partial charge in [0, 0.05) is 13.0 Å². The van der Waals surface area contributed by atoms with Crippen molar-refractivity contribution < 1.29 is 9.63 Å². The van der Waals surface area contributed by atoms with E-state index in [0.717, 1.165) is 57.2 Å². The van der Waals surface area contributed by atoms with Crippen molar-refractivity contribution in [2.24, 2.45) is 5.16 Å². The van der Waals surface area contributed by atoms with Crippen molar-refractivity contribution >= 4 is 11.6 Å². The van der Waals surface area contributed by atoms with Gasteiger partial charge in [0.05, 0.1) is 5.71 Å². The van der Waals surface area contributed by atoms with Gasteiger partial charge in [-0.1, -0.05) is 87.7 Å². The maximum absolute atomic E-state index is 11.4. The summed E-state index contributed by atoms with van der Waals surface area (Å²) >= 11 is 0. The monoisotopic (exact) mass is 390 g/mol. The highest BCUT2D eigenvalue weighted by molar-refractivity contribution is 5.83. The van der Waals surface area contributed by atoms with Crippen LogP contribution in [-0.4, -0.2) is 24.8 Å². The molecule has 4 nitrogen and oxygen atoms in total. The number of carbonyl (C=O) groups excluding carboxylic acids is 1. The molecule has 0 atom stereocenters. The molecule has 0 spiro atoms. The fourth-order valence-corrected chi connectivity index (χ4v) is 1.64. The van der Waals surface area contributed by atoms with E-state index in [1.165, 1.54) is 0 Å². The Balaban J connectivity index is -0.000000177. The lowest BCUT2D eigenvalue weighted by Crippen LogP contribution is -2.23. The zero-order valence-electron chi connectivity index (χ0n) is 20.8. The molecule has 0 fully saturated rings. The van der Waals surface area contributed by atoms with Crippen molar-refractivity contribution in [1.82, 2.24) is 5.32 Å². The molecule has 0 aliphatic heterocycles. The molecule has 0 aromatic heterocycles. The number of amides is 1. The number of oxime groups is 1. The van der Waals surface area contributed by atoms with Crippen LogP contribution in [0.15, 0.2) is 5.16 Å². The zero-order chi connectivity index (χ0) is 22.3.